The molecule has 0 aromatic heterocycles. The second kappa shape index (κ2) is 5.18. The van der Waals surface area contributed by atoms with Crippen LogP contribution in [0.1, 0.15) is 52.4 Å². The second-order valence-electron chi connectivity index (χ2n) is 5.59. The van der Waals surface area contributed by atoms with Gasteiger partial charge in [-0.2, -0.15) is 0 Å². The third-order valence-corrected chi connectivity index (χ3v) is 5.29. The number of hydrogen-bond donors (Lipinski definition) is 1. The predicted octanol–water partition coefficient (Wildman–Crippen LogP) is 3.92. The van der Waals surface area contributed by atoms with Crippen LogP contribution in [0.15, 0.2) is 0 Å². The van der Waals surface area contributed by atoms with Gasteiger partial charge in [-0.15, -0.1) is 0 Å². The van der Waals surface area contributed by atoms with E-state index in [9.17, 15) is 0 Å². The highest BCUT2D eigenvalue weighted by atomic mass is 79.9. The fourth-order valence-electron chi connectivity index (χ4n) is 3.65. The van der Waals surface area contributed by atoms with Gasteiger partial charge in [0.05, 0.1) is 4.95 Å². The molecule has 2 heteroatoms. The third-order valence-electron chi connectivity index (χ3n) is 4.57. The van der Waals surface area contributed by atoms with Crippen LogP contribution in [-0.2, 0) is 0 Å². The van der Waals surface area contributed by atoms with Crippen LogP contribution in [0.4, 0.5) is 0 Å². The number of nitrogens with one attached hydrogen (secondary N) is 1. The minimum Gasteiger partial charge on any atom is -0.302 e. The average Bonchev–Trinajstić information content (AvgIpc) is 2.20. The van der Waals surface area contributed by atoms with Crippen molar-refractivity contribution >= 4 is 15.9 Å². The highest BCUT2D eigenvalue weighted by Crippen LogP contribution is 2.40. The summed E-state index contributed by atoms with van der Waals surface area (Å²) in [5.74, 6) is 2.87. The van der Waals surface area contributed by atoms with E-state index in [4.69, 9.17) is 0 Å². The number of hydrogen-bond acceptors (Lipinski definition) is 1. The van der Waals surface area contributed by atoms with Gasteiger partial charge in [0.25, 0.3) is 0 Å². The highest BCUT2D eigenvalue weighted by molar-refractivity contribution is 9.09. The van der Waals surface area contributed by atoms with E-state index in [2.05, 4.69) is 35.1 Å². The van der Waals surface area contributed by atoms with Gasteiger partial charge in [-0.3, -0.25) is 0 Å². The predicted molar refractivity (Wildman–Crippen MR) is 69.2 cm³/mol. The molecule has 1 saturated heterocycles. The van der Waals surface area contributed by atoms with Crippen molar-refractivity contribution in [1.29, 1.82) is 0 Å². The Balaban J connectivity index is 1.96. The largest absolute Gasteiger partial charge is 0.302 e. The van der Waals surface area contributed by atoms with Crippen molar-refractivity contribution in [2.24, 2.45) is 17.8 Å². The van der Waals surface area contributed by atoms with Gasteiger partial charge >= 0.3 is 0 Å². The van der Waals surface area contributed by atoms with Crippen molar-refractivity contribution < 1.29 is 0 Å². The Kier molecular flexibility index (Phi) is 4.11. The number of halogens is 1. The van der Waals surface area contributed by atoms with E-state index in [-0.39, 0.29) is 0 Å². The maximum absolute atomic E-state index is 3.68. The van der Waals surface area contributed by atoms with Crippen molar-refractivity contribution in [3.63, 3.8) is 0 Å². The van der Waals surface area contributed by atoms with Crippen LogP contribution >= 0.6 is 15.9 Å². The first-order valence-electron chi connectivity index (χ1n) is 6.58. The molecule has 2 aliphatic rings. The van der Waals surface area contributed by atoms with E-state index in [0.29, 0.717) is 11.0 Å². The fourth-order valence-corrected chi connectivity index (χ4v) is 4.33. The standard InChI is InChI=1S/C13H24BrN/c1-9-5-3-4-6-11(9)12-7-8-13(14)15-10(12)2/h9-13,15H,3-8H2,1-2H3. The highest BCUT2D eigenvalue weighted by Gasteiger charge is 2.35. The smallest absolute Gasteiger partial charge is 0.0632 e. The summed E-state index contributed by atoms with van der Waals surface area (Å²) < 4.78 is 0. The molecule has 1 nitrogen and oxygen atoms in total. The molecule has 0 bridgehead atoms. The van der Waals surface area contributed by atoms with Crippen LogP contribution < -0.4 is 5.32 Å². The van der Waals surface area contributed by atoms with Gasteiger partial charge in [0, 0.05) is 6.04 Å². The summed E-state index contributed by atoms with van der Waals surface area (Å²) in [7, 11) is 0. The van der Waals surface area contributed by atoms with Gasteiger partial charge in [-0.05, 0) is 43.9 Å². The molecule has 0 aromatic carbocycles. The van der Waals surface area contributed by atoms with E-state index in [1.807, 2.05) is 0 Å². The van der Waals surface area contributed by atoms with Gasteiger partial charge in [0.1, 0.15) is 0 Å². The molecule has 0 amide bonds. The molecule has 0 aromatic rings. The van der Waals surface area contributed by atoms with E-state index in [1.165, 1.54) is 38.5 Å². The van der Waals surface area contributed by atoms with Crippen molar-refractivity contribution in [3.8, 4) is 0 Å². The molecule has 1 heterocycles. The lowest BCUT2D eigenvalue weighted by molar-refractivity contribution is 0.116. The molecular weight excluding hydrogens is 250 g/mol. The zero-order valence-corrected chi connectivity index (χ0v) is 11.6. The van der Waals surface area contributed by atoms with Crippen molar-refractivity contribution in [1.82, 2.24) is 5.32 Å². The molecule has 1 aliphatic heterocycles. The Hall–Kier alpha value is 0.440. The number of alkyl halides is 1. The minimum absolute atomic E-state index is 0.558. The van der Waals surface area contributed by atoms with Gasteiger partial charge in [0.15, 0.2) is 0 Å². The topological polar surface area (TPSA) is 12.0 Å². The maximum Gasteiger partial charge on any atom is 0.0632 e. The van der Waals surface area contributed by atoms with Gasteiger partial charge < -0.3 is 5.32 Å². The Morgan fingerprint density at radius 2 is 1.67 bits per heavy atom. The van der Waals surface area contributed by atoms with Crippen molar-refractivity contribution in [2.45, 2.75) is 63.4 Å². The van der Waals surface area contributed by atoms with Gasteiger partial charge in [0.2, 0.25) is 0 Å². The lowest BCUT2D eigenvalue weighted by Crippen LogP contribution is -2.47. The molecule has 0 spiro atoms. The molecule has 1 saturated carbocycles. The number of rotatable bonds is 1. The van der Waals surface area contributed by atoms with Crippen LogP contribution in [0.25, 0.3) is 0 Å². The van der Waals surface area contributed by atoms with Crippen LogP contribution in [0.2, 0.25) is 0 Å². The van der Waals surface area contributed by atoms with E-state index in [1.54, 1.807) is 0 Å². The molecule has 2 rings (SSSR count). The molecule has 88 valence electrons. The third kappa shape index (κ3) is 2.76. The summed E-state index contributed by atoms with van der Waals surface area (Å²) >= 11 is 3.68. The summed E-state index contributed by atoms with van der Waals surface area (Å²) in [4.78, 5) is 0.558. The first-order valence-corrected chi connectivity index (χ1v) is 7.50. The monoisotopic (exact) mass is 273 g/mol. The molecule has 0 radical (unpaired) electrons. The summed E-state index contributed by atoms with van der Waals surface area (Å²) in [6, 6.07) is 0.702. The maximum atomic E-state index is 3.68. The van der Waals surface area contributed by atoms with Crippen LogP contribution in [0.5, 0.6) is 0 Å². The molecule has 15 heavy (non-hydrogen) atoms. The molecule has 5 unspecified atom stereocenters. The number of piperidine rings is 1. The van der Waals surface area contributed by atoms with Crippen molar-refractivity contribution in [2.75, 3.05) is 0 Å². The molecular formula is C13H24BrN. The summed E-state index contributed by atoms with van der Waals surface area (Å²) in [5, 5.41) is 3.66. The van der Waals surface area contributed by atoms with Crippen molar-refractivity contribution in [3.05, 3.63) is 0 Å². The Bertz CT molecular complexity index is 207. The second-order valence-corrected chi connectivity index (χ2v) is 6.69. The van der Waals surface area contributed by atoms with E-state index >= 15 is 0 Å². The zero-order chi connectivity index (χ0) is 10.8. The molecule has 1 N–H and O–H groups in total. The first kappa shape index (κ1) is 11.9. The quantitative estimate of drug-likeness (QED) is 0.564. The molecule has 2 fully saturated rings. The van der Waals surface area contributed by atoms with Gasteiger partial charge in [-0.1, -0.05) is 42.1 Å². The van der Waals surface area contributed by atoms with Crippen LogP contribution in [0, 0.1) is 17.8 Å². The van der Waals surface area contributed by atoms with E-state index in [0.717, 1.165) is 17.8 Å². The Morgan fingerprint density at radius 1 is 0.933 bits per heavy atom. The summed E-state index contributed by atoms with van der Waals surface area (Å²) in [6.45, 7) is 4.84. The van der Waals surface area contributed by atoms with Gasteiger partial charge in [-0.25, -0.2) is 0 Å². The minimum atomic E-state index is 0.558. The average molecular weight is 274 g/mol. The normalized spacial score (nSPS) is 47.8. The first-order chi connectivity index (χ1) is 7.18. The lowest BCUT2D eigenvalue weighted by Gasteiger charge is -2.42. The molecule has 1 aliphatic carbocycles. The SMILES string of the molecule is CC1CCCCC1C1CCC(Br)NC1C. The van der Waals surface area contributed by atoms with Crippen LogP contribution in [0.3, 0.4) is 0 Å². The summed E-state index contributed by atoms with van der Waals surface area (Å²) in [5.41, 5.74) is 0. The molecule has 5 atom stereocenters. The zero-order valence-electron chi connectivity index (χ0n) is 10.0. The van der Waals surface area contributed by atoms with E-state index < -0.39 is 0 Å². The summed E-state index contributed by atoms with van der Waals surface area (Å²) in [6.07, 6.45) is 8.59. The Morgan fingerprint density at radius 3 is 2.33 bits per heavy atom. The fraction of sp³-hybridized carbons (Fsp3) is 1.00. The lowest BCUT2D eigenvalue weighted by atomic mass is 9.69. The Labute approximate surface area is 103 Å². The van der Waals surface area contributed by atoms with Crippen LogP contribution in [-0.4, -0.2) is 11.0 Å².